The number of amides is 1. The maximum Gasteiger partial charge on any atom is 0.410 e. The number of fused-ring (bicyclic) bond motifs is 1. The second-order valence-corrected chi connectivity index (χ2v) is 9.18. The molecule has 3 atom stereocenters. The van der Waals surface area contributed by atoms with Gasteiger partial charge >= 0.3 is 6.09 Å². The molecule has 2 aromatic rings. The Morgan fingerprint density at radius 2 is 2.07 bits per heavy atom. The summed E-state index contributed by atoms with van der Waals surface area (Å²) in [4.78, 5) is 13.6. The van der Waals surface area contributed by atoms with Crippen LogP contribution in [0.25, 0.3) is 10.9 Å². The molecule has 3 heterocycles. The Morgan fingerprint density at radius 3 is 2.73 bits per heavy atom. The molecule has 0 spiro atoms. The molecule has 2 aliphatic rings. The minimum absolute atomic E-state index is 0.109. The normalized spacial score (nSPS) is 25.5. The fourth-order valence-electron chi connectivity index (χ4n) is 4.26. The smallest absolute Gasteiger partial charge is 0.410 e. The fourth-order valence-corrected chi connectivity index (χ4v) is 4.26. The monoisotopic (exact) mass is 421 g/mol. The summed E-state index contributed by atoms with van der Waals surface area (Å²) in [6.45, 7) is 6.21. The van der Waals surface area contributed by atoms with E-state index < -0.39 is 29.6 Å². The van der Waals surface area contributed by atoms with Gasteiger partial charge in [-0.2, -0.15) is 5.10 Å². The van der Waals surface area contributed by atoms with Crippen molar-refractivity contribution in [1.82, 2.24) is 14.7 Å². The molecule has 1 aromatic heterocycles. The van der Waals surface area contributed by atoms with E-state index in [4.69, 9.17) is 9.47 Å². The van der Waals surface area contributed by atoms with E-state index in [-0.39, 0.29) is 12.8 Å². The number of nitrogens with zero attached hydrogens (tertiary/aromatic N) is 3. The molecule has 6 nitrogen and oxygen atoms in total. The zero-order valence-electron chi connectivity index (χ0n) is 17.7. The van der Waals surface area contributed by atoms with Gasteiger partial charge in [0.1, 0.15) is 17.6 Å². The summed E-state index contributed by atoms with van der Waals surface area (Å²) in [5.74, 6) is -1.06. The van der Waals surface area contributed by atoms with Gasteiger partial charge in [0.2, 0.25) is 0 Å². The Kier molecular flexibility index (Phi) is 5.70. The van der Waals surface area contributed by atoms with E-state index in [1.165, 1.54) is 11.0 Å². The van der Waals surface area contributed by atoms with E-state index in [9.17, 15) is 9.18 Å². The van der Waals surface area contributed by atoms with Crippen LogP contribution in [0.2, 0.25) is 0 Å². The van der Waals surface area contributed by atoms with Gasteiger partial charge in [-0.15, -0.1) is 0 Å². The molecule has 1 aromatic carbocycles. The second-order valence-electron chi connectivity index (χ2n) is 9.18. The molecule has 0 bridgehead atoms. The van der Waals surface area contributed by atoms with Crippen molar-refractivity contribution in [2.24, 2.45) is 0 Å². The number of aromatic nitrogens is 2. The number of rotatable bonds is 2. The minimum Gasteiger partial charge on any atom is -0.444 e. The van der Waals surface area contributed by atoms with Crippen molar-refractivity contribution < 1.29 is 23.0 Å². The summed E-state index contributed by atoms with van der Waals surface area (Å²) in [6, 6.07) is 3.12. The van der Waals surface area contributed by atoms with Crippen LogP contribution < -0.4 is 0 Å². The van der Waals surface area contributed by atoms with Crippen LogP contribution >= 0.6 is 0 Å². The van der Waals surface area contributed by atoms with E-state index >= 15 is 4.39 Å². The Balaban J connectivity index is 1.55. The van der Waals surface area contributed by atoms with Crippen molar-refractivity contribution in [2.45, 2.75) is 70.4 Å². The third kappa shape index (κ3) is 4.29. The summed E-state index contributed by atoms with van der Waals surface area (Å²) in [6.07, 6.45) is 2.79. The van der Waals surface area contributed by atoms with Gasteiger partial charge in [-0.3, -0.25) is 0 Å². The fraction of sp³-hybridized carbons (Fsp3) is 0.636. The number of benzene rings is 1. The molecule has 2 aliphatic heterocycles. The van der Waals surface area contributed by atoms with Crippen LogP contribution in [0.3, 0.4) is 0 Å². The summed E-state index contributed by atoms with van der Waals surface area (Å²) in [5, 5.41) is 5.07. The molecule has 0 radical (unpaired) electrons. The molecule has 30 heavy (non-hydrogen) atoms. The first-order chi connectivity index (χ1) is 14.2. The lowest BCUT2D eigenvalue weighted by atomic mass is 9.87. The highest BCUT2D eigenvalue weighted by molar-refractivity contribution is 5.80. The predicted octanol–water partition coefficient (Wildman–Crippen LogP) is 4.94. The predicted molar refractivity (Wildman–Crippen MR) is 109 cm³/mol. The maximum atomic E-state index is 15.1. The van der Waals surface area contributed by atoms with Crippen molar-refractivity contribution in [3.05, 3.63) is 29.7 Å². The number of halogens is 2. The Morgan fingerprint density at radius 1 is 1.27 bits per heavy atom. The molecule has 2 fully saturated rings. The first kappa shape index (κ1) is 21.0. The number of carbonyl (C=O) groups is 1. The van der Waals surface area contributed by atoms with E-state index in [2.05, 4.69) is 5.10 Å². The molecule has 1 amide bonds. The lowest BCUT2D eigenvalue weighted by Gasteiger charge is -2.36. The minimum atomic E-state index is -1.37. The van der Waals surface area contributed by atoms with E-state index in [0.29, 0.717) is 30.5 Å². The second kappa shape index (κ2) is 8.13. The lowest BCUT2D eigenvalue weighted by molar-refractivity contribution is -0.0367. The Labute approximate surface area is 175 Å². The van der Waals surface area contributed by atoms with Crippen molar-refractivity contribution >= 4 is 17.0 Å². The largest absolute Gasteiger partial charge is 0.444 e. The average Bonchev–Trinajstić information content (AvgIpc) is 3.09. The van der Waals surface area contributed by atoms with Crippen LogP contribution in [-0.4, -0.2) is 52.2 Å². The molecule has 2 saturated heterocycles. The van der Waals surface area contributed by atoms with Gasteiger partial charge in [-0.25, -0.2) is 18.3 Å². The zero-order valence-corrected chi connectivity index (χ0v) is 17.7. The van der Waals surface area contributed by atoms with Crippen molar-refractivity contribution in [3.63, 3.8) is 0 Å². The van der Waals surface area contributed by atoms with Crippen LogP contribution in [0.1, 0.15) is 64.2 Å². The Hall–Kier alpha value is -2.22. The highest BCUT2D eigenvalue weighted by Gasteiger charge is 2.36. The van der Waals surface area contributed by atoms with E-state index in [1.807, 2.05) is 0 Å². The van der Waals surface area contributed by atoms with Gasteiger partial charge in [0.15, 0.2) is 6.23 Å². The van der Waals surface area contributed by atoms with E-state index in [1.54, 1.807) is 37.7 Å². The number of ether oxygens (including phenoxy) is 2. The molecule has 0 saturated carbocycles. The molecular weight excluding hydrogens is 392 g/mol. The molecule has 1 unspecified atom stereocenters. The molecule has 0 N–H and O–H groups in total. The van der Waals surface area contributed by atoms with Crippen molar-refractivity contribution in [2.75, 3.05) is 19.7 Å². The van der Waals surface area contributed by atoms with Crippen LogP contribution in [0.4, 0.5) is 13.6 Å². The maximum absolute atomic E-state index is 15.1. The first-order valence-electron chi connectivity index (χ1n) is 10.6. The summed E-state index contributed by atoms with van der Waals surface area (Å²) < 4.78 is 42.9. The number of alkyl halides is 1. The van der Waals surface area contributed by atoms with Crippen LogP contribution in [-0.2, 0) is 9.47 Å². The van der Waals surface area contributed by atoms with Gasteiger partial charge in [-0.05, 0) is 64.2 Å². The summed E-state index contributed by atoms with van der Waals surface area (Å²) >= 11 is 0. The number of hydrogen-bond donors (Lipinski definition) is 0. The van der Waals surface area contributed by atoms with Gasteiger partial charge in [0.25, 0.3) is 0 Å². The van der Waals surface area contributed by atoms with Crippen molar-refractivity contribution in [1.29, 1.82) is 0 Å². The lowest BCUT2D eigenvalue weighted by Crippen LogP contribution is -2.46. The van der Waals surface area contributed by atoms with E-state index in [0.717, 1.165) is 24.8 Å². The molecule has 8 heteroatoms. The zero-order chi connectivity index (χ0) is 21.5. The number of hydrogen-bond acceptors (Lipinski definition) is 4. The molecule has 4 rings (SSSR count). The number of carbonyl (C=O) groups excluding carboxylic acids is 1. The number of likely N-dealkylation sites (tertiary alicyclic amines) is 1. The summed E-state index contributed by atoms with van der Waals surface area (Å²) in [5.41, 5.74) is 0.438. The van der Waals surface area contributed by atoms with Crippen molar-refractivity contribution in [3.8, 4) is 0 Å². The standard InChI is InChI=1S/C22H29F2N3O3/c1-22(2,3)30-21(28)26-8-7-15(18(24)13-26)16-11-19-14(10-17(16)23)12-25-27(19)20-6-4-5-9-29-20/h10-12,15,18,20H,4-9,13H2,1-3H3/t15-,18-,20?/m1/s1. The van der Waals surface area contributed by atoms with Gasteiger partial charge < -0.3 is 14.4 Å². The Bertz CT molecular complexity index is 918. The SMILES string of the molecule is CC(C)(C)OC(=O)N1CC[C@H](c2cc3c(cnn3C3CCCCO3)cc2F)[C@H](F)C1. The molecule has 164 valence electrons. The highest BCUT2D eigenvalue weighted by atomic mass is 19.1. The van der Waals surface area contributed by atoms with Gasteiger partial charge in [0, 0.05) is 24.5 Å². The highest BCUT2D eigenvalue weighted by Crippen LogP contribution is 2.36. The van der Waals surface area contributed by atoms with Gasteiger partial charge in [0.05, 0.1) is 18.3 Å². The third-order valence-corrected chi connectivity index (χ3v) is 5.74. The van der Waals surface area contributed by atoms with Crippen LogP contribution in [0.15, 0.2) is 18.3 Å². The van der Waals surface area contributed by atoms with Crippen LogP contribution in [0, 0.1) is 5.82 Å². The first-order valence-corrected chi connectivity index (χ1v) is 10.6. The average molecular weight is 421 g/mol. The quantitative estimate of drug-likeness (QED) is 0.689. The number of piperidine rings is 1. The molecular formula is C22H29F2N3O3. The van der Waals surface area contributed by atoms with Crippen LogP contribution in [0.5, 0.6) is 0 Å². The third-order valence-electron chi connectivity index (χ3n) is 5.74. The van der Waals surface area contributed by atoms with Gasteiger partial charge in [-0.1, -0.05) is 0 Å². The topological polar surface area (TPSA) is 56.6 Å². The summed E-state index contributed by atoms with van der Waals surface area (Å²) in [7, 11) is 0. The molecule has 0 aliphatic carbocycles.